The number of rotatable bonds is 9. The minimum atomic E-state index is -0.452. The molecule has 0 N–H and O–H groups in total. The number of hydrogen-bond acceptors (Lipinski definition) is 13. The van der Waals surface area contributed by atoms with E-state index in [0.717, 1.165) is 32.0 Å². The molecule has 2 aromatic heterocycles. The molecular weight excluding hydrogens is 587 g/mol. The van der Waals surface area contributed by atoms with Crippen molar-refractivity contribution in [3.63, 3.8) is 0 Å². The predicted molar refractivity (Wildman–Crippen MR) is 170 cm³/mol. The van der Waals surface area contributed by atoms with Gasteiger partial charge in [-0.2, -0.15) is 0 Å². The lowest BCUT2D eigenvalue weighted by Crippen LogP contribution is -1.86. The Morgan fingerprint density at radius 3 is 1.67 bits per heavy atom. The largest absolute Gasteiger partial charge is 0.497 e. The molecule has 4 aromatic carbocycles. The Balaban J connectivity index is 1.02. The first-order chi connectivity index (χ1) is 21.0. The van der Waals surface area contributed by atoms with Gasteiger partial charge in [-0.3, -0.25) is 20.1 Å². The van der Waals surface area contributed by atoms with Crippen molar-refractivity contribution in [1.82, 2.24) is 9.97 Å². The summed E-state index contributed by atoms with van der Waals surface area (Å²) >= 11 is 2.77. The average Bonchev–Trinajstić information content (AvgIpc) is 3.64. The Morgan fingerprint density at radius 1 is 0.674 bits per heavy atom. The summed E-state index contributed by atoms with van der Waals surface area (Å²) in [5.41, 5.74) is 4.11. The van der Waals surface area contributed by atoms with Gasteiger partial charge in [-0.1, -0.05) is 22.7 Å². The third-order valence-corrected chi connectivity index (χ3v) is 7.71. The van der Waals surface area contributed by atoms with Crippen molar-refractivity contribution in [2.45, 2.75) is 0 Å². The summed E-state index contributed by atoms with van der Waals surface area (Å²) in [4.78, 5) is 28.1. The molecule has 0 aliphatic heterocycles. The number of azo groups is 2. The number of aromatic nitrogens is 2. The first-order valence-corrected chi connectivity index (χ1v) is 14.3. The topological polar surface area (TPSA) is 152 Å². The number of methoxy groups -OCH3 is 1. The van der Waals surface area contributed by atoms with Crippen molar-refractivity contribution in [2.24, 2.45) is 30.4 Å². The zero-order chi connectivity index (χ0) is 29.6. The Labute approximate surface area is 251 Å². The van der Waals surface area contributed by atoms with Gasteiger partial charge in [0.25, 0.3) is 5.69 Å². The fourth-order valence-electron chi connectivity index (χ4n) is 3.78. The van der Waals surface area contributed by atoms with Crippen molar-refractivity contribution >= 4 is 94.2 Å². The molecule has 12 nitrogen and oxygen atoms in total. The van der Waals surface area contributed by atoms with Crippen molar-refractivity contribution in [3.05, 3.63) is 95.0 Å². The van der Waals surface area contributed by atoms with Gasteiger partial charge in [0.2, 0.25) is 10.3 Å². The number of non-ortho nitro benzene ring substituents is 1. The van der Waals surface area contributed by atoms with E-state index in [1.54, 1.807) is 37.7 Å². The van der Waals surface area contributed by atoms with E-state index < -0.39 is 4.92 Å². The van der Waals surface area contributed by atoms with Gasteiger partial charge in [-0.15, -0.1) is 20.5 Å². The van der Waals surface area contributed by atoms with Gasteiger partial charge in [0, 0.05) is 30.6 Å². The molecule has 0 aliphatic carbocycles. The summed E-state index contributed by atoms with van der Waals surface area (Å²) in [5, 5.41) is 28.8. The summed E-state index contributed by atoms with van der Waals surface area (Å²) in [6.45, 7) is 0. The number of thiazole rings is 2. The third-order valence-electron chi connectivity index (χ3n) is 5.87. The highest BCUT2D eigenvalue weighted by Crippen LogP contribution is 2.33. The molecule has 43 heavy (non-hydrogen) atoms. The van der Waals surface area contributed by atoms with Gasteiger partial charge < -0.3 is 4.74 Å². The maximum absolute atomic E-state index is 11.0. The molecule has 6 rings (SSSR count). The summed E-state index contributed by atoms with van der Waals surface area (Å²) in [7, 11) is 1.62. The Bertz CT molecular complexity index is 2050. The number of benzene rings is 4. The molecule has 0 amide bonds. The lowest BCUT2D eigenvalue weighted by atomic mass is 10.3. The number of fused-ring (bicyclic) bond motifs is 2. The third kappa shape index (κ3) is 6.83. The van der Waals surface area contributed by atoms with E-state index in [1.165, 1.54) is 34.8 Å². The van der Waals surface area contributed by atoms with Crippen molar-refractivity contribution in [2.75, 3.05) is 7.11 Å². The number of ether oxygens (including phenoxy) is 1. The normalized spacial score (nSPS) is 12.1. The Hall–Kier alpha value is -5.60. The molecule has 0 spiro atoms. The van der Waals surface area contributed by atoms with E-state index in [9.17, 15) is 10.1 Å². The van der Waals surface area contributed by atoms with Crippen molar-refractivity contribution in [3.8, 4) is 5.75 Å². The van der Waals surface area contributed by atoms with Gasteiger partial charge in [0.1, 0.15) is 5.75 Å². The maximum Gasteiger partial charge on any atom is 0.271 e. The minimum Gasteiger partial charge on any atom is -0.497 e. The summed E-state index contributed by atoms with van der Waals surface area (Å²) in [6.07, 6.45) is 3.21. The van der Waals surface area contributed by atoms with Crippen LogP contribution in [0.3, 0.4) is 0 Å². The Morgan fingerprint density at radius 2 is 1.16 bits per heavy atom. The smallest absolute Gasteiger partial charge is 0.271 e. The molecule has 0 radical (unpaired) electrons. The molecule has 0 bridgehead atoms. The van der Waals surface area contributed by atoms with E-state index in [4.69, 9.17) is 4.74 Å². The van der Waals surface area contributed by atoms with Crippen LogP contribution in [0.5, 0.6) is 5.75 Å². The number of nitrogens with zero attached hydrogens (tertiary/aromatic N) is 9. The van der Waals surface area contributed by atoms with Gasteiger partial charge in [0.05, 0.1) is 55.2 Å². The lowest BCUT2D eigenvalue weighted by Gasteiger charge is -1.96. The quantitative estimate of drug-likeness (QED) is 0.0695. The molecule has 0 fully saturated rings. The van der Waals surface area contributed by atoms with Crippen LogP contribution in [0.15, 0.2) is 115 Å². The number of nitro benzene ring substituents is 1. The average molecular weight is 606 g/mol. The van der Waals surface area contributed by atoms with Crippen LogP contribution >= 0.6 is 22.7 Å². The van der Waals surface area contributed by atoms with Crippen LogP contribution in [-0.4, -0.2) is 34.4 Å². The zero-order valence-electron chi connectivity index (χ0n) is 22.3. The van der Waals surface area contributed by atoms with E-state index >= 15 is 0 Å². The molecule has 0 unspecified atom stereocenters. The molecule has 6 aromatic rings. The van der Waals surface area contributed by atoms with Crippen LogP contribution in [0.4, 0.5) is 38.7 Å². The first-order valence-electron chi connectivity index (χ1n) is 12.6. The van der Waals surface area contributed by atoms with Crippen molar-refractivity contribution in [1.29, 1.82) is 0 Å². The molecule has 2 heterocycles. The monoisotopic (exact) mass is 605 g/mol. The van der Waals surface area contributed by atoms with Crippen LogP contribution in [0.1, 0.15) is 0 Å². The summed E-state index contributed by atoms with van der Waals surface area (Å²) < 4.78 is 7.06. The van der Waals surface area contributed by atoms with Gasteiger partial charge in [-0.05, 0) is 66.7 Å². The van der Waals surface area contributed by atoms with Crippen LogP contribution in [0, 0.1) is 10.1 Å². The highest BCUT2D eigenvalue weighted by Gasteiger charge is 2.10. The summed E-state index contributed by atoms with van der Waals surface area (Å²) in [5.74, 6) is 0.750. The van der Waals surface area contributed by atoms with E-state index in [1.807, 2.05) is 54.6 Å². The van der Waals surface area contributed by atoms with E-state index in [2.05, 4.69) is 40.4 Å². The number of hydrogen-bond donors (Lipinski definition) is 0. The van der Waals surface area contributed by atoms with Crippen LogP contribution in [-0.2, 0) is 0 Å². The lowest BCUT2D eigenvalue weighted by molar-refractivity contribution is -0.384. The first kappa shape index (κ1) is 27.6. The van der Waals surface area contributed by atoms with Crippen LogP contribution in [0.25, 0.3) is 20.4 Å². The SMILES string of the molecule is COc1ccc2sc(N=Nc3ccc(N=CC=Nc4ccc(N=Nc5nc6cc([N+](=O)[O-])ccc6s5)cc4)cc3)nc2c1. The highest BCUT2D eigenvalue weighted by atomic mass is 32.1. The standard InChI is InChI=1S/C29H19N9O3S2/c1-41-23-11-13-27-25(17-23)33-29(43-27)37-35-21-8-4-19(5-9-21)31-15-14-30-18-2-6-20(7-3-18)34-36-28-32-24-16-22(38(39)40)10-12-26(24)42-28/h2-17H,1H3. The molecule has 0 atom stereocenters. The van der Waals surface area contributed by atoms with Gasteiger partial charge in [0.15, 0.2) is 0 Å². The zero-order valence-corrected chi connectivity index (χ0v) is 23.9. The molecule has 14 heteroatoms. The molecule has 0 aliphatic rings. The molecule has 0 saturated heterocycles. The van der Waals surface area contributed by atoms with Crippen LogP contribution in [0.2, 0.25) is 0 Å². The van der Waals surface area contributed by atoms with Crippen molar-refractivity contribution < 1.29 is 9.66 Å². The highest BCUT2D eigenvalue weighted by molar-refractivity contribution is 7.22. The number of aliphatic imine (C=N–C) groups is 2. The second kappa shape index (κ2) is 12.5. The summed E-state index contributed by atoms with van der Waals surface area (Å²) in [6, 6.07) is 24.8. The van der Waals surface area contributed by atoms with E-state index in [-0.39, 0.29) is 5.69 Å². The molecule has 0 saturated carbocycles. The molecular formula is C29H19N9O3S2. The van der Waals surface area contributed by atoms with E-state index in [0.29, 0.717) is 27.2 Å². The second-order valence-electron chi connectivity index (χ2n) is 8.72. The van der Waals surface area contributed by atoms with Gasteiger partial charge >= 0.3 is 0 Å². The van der Waals surface area contributed by atoms with Gasteiger partial charge in [-0.25, -0.2) is 9.97 Å². The number of nitro groups is 1. The maximum atomic E-state index is 11.0. The fourth-order valence-corrected chi connectivity index (χ4v) is 5.31. The minimum absolute atomic E-state index is 0.0116. The Kier molecular flexibility index (Phi) is 8.02. The van der Waals surface area contributed by atoms with Crippen LogP contribution < -0.4 is 4.74 Å². The predicted octanol–water partition coefficient (Wildman–Crippen LogP) is 9.76. The fraction of sp³-hybridized carbons (Fsp3) is 0.0345. The second-order valence-corrected chi connectivity index (χ2v) is 10.7. The molecule has 210 valence electrons.